The number of rotatable bonds is 10. The van der Waals surface area contributed by atoms with Gasteiger partial charge in [0.15, 0.2) is 0 Å². The molecule has 0 aliphatic rings. The second-order valence-corrected chi connectivity index (χ2v) is 11.8. The van der Waals surface area contributed by atoms with Gasteiger partial charge in [0.2, 0.25) is 21.8 Å². The van der Waals surface area contributed by atoms with E-state index in [9.17, 15) is 18.0 Å². The van der Waals surface area contributed by atoms with Gasteiger partial charge in [-0.1, -0.05) is 76.1 Å². The van der Waals surface area contributed by atoms with Crippen molar-refractivity contribution in [3.8, 4) is 0 Å². The first-order valence-electron chi connectivity index (χ1n) is 11.8. The third-order valence-corrected chi connectivity index (χ3v) is 7.74. The van der Waals surface area contributed by atoms with Crippen LogP contribution in [0.25, 0.3) is 0 Å². The van der Waals surface area contributed by atoms with Gasteiger partial charge in [0.25, 0.3) is 0 Å². The van der Waals surface area contributed by atoms with E-state index in [1.807, 2.05) is 80.6 Å². The Morgan fingerprint density at radius 2 is 1.59 bits per heavy atom. The molecule has 0 aliphatic carbocycles. The molecule has 0 radical (unpaired) electrons. The molecule has 0 saturated carbocycles. The molecule has 0 spiro atoms. The highest BCUT2D eigenvalue weighted by atomic mass is 79.9. The predicted octanol–water partition coefficient (Wildman–Crippen LogP) is 4.22. The van der Waals surface area contributed by atoms with Crippen molar-refractivity contribution in [3.05, 3.63) is 99.5 Å². The maximum Gasteiger partial charge on any atom is 0.244 e. The monoisotopic (exact) mass is 585 g/mol. The summed E-state index contributed by atoms with van der Waals surface area (Å²) in [6.45, 7) is 3.45. The Kier molecular flexibility index (Phi) is 9.50. The summed E-state index contributed by atoms with van der Waals surface area (Å²) in [4.78, 5) is 28.5. The number of nitrogens with zero attached hydrogens (tertiary/aromatic N) is 2. The van der Waals surface area contributed by atoms with Crippen LogP contribution in [0, 0.1) is 13.8 Å². The number of carbonyl (C=O) groups is 2. The van der Waals surface area contributed by atoms with E-state index in [0.29, 0.717) is 5.69 Å². The molecule has 3 aromatic rings. The van der Waals surface area contributed by atoms with Gasteiger partial charge in [-0.3, -0.25) is 13.9 Å². The van der Waals surface area contributed by atoms with Gasteiger partial charge in [-0.15, -0.1) is 0 Å². The smallest absolute Gasteiger partial charge is 0.244 e. The lowest BCUT2D eigenvalue weighted by molar-refractivity contribution is -0.139. The van der Waals surface area contributed by atoms with Gasteiger partial charge >= 0.3 is 0 Å². The van der Waals surface area contributed by atoms with Crippen molar-refractivity contribution in [2.75, 3.05) is 24.2 Å². The van der Waals surface area contributed by atoms with E-state index in [1.54, 1.807) is 6.07 Å². The van der Waals surface area contributed by atoms with Gasteiger partial charge in [-0.25, -0.2) is 8.42 Å². The van der Waals surface area contributed by atoms with Crippen LogP contribution in [0.2, 0.25) is 0 Å². The molecule has 0 saturated heterocycles. The number of sulfonamides is 1. The van der Waals surface area contributed by atoms with Crippen LogP contribution < -0.4 is 9.62 Å². The van der Waals surface area contributed by atoms with E-state index in [2.05, 4.69) is 21.2 Å². The quantitative estimate of drug-likeness (QED) is 0.386. The molecule has 0 aromatic heterocycles. The first-order valence-corrected chi connectivity index (χ1v) is 14.5. The summed E-state index contributed by atoms with van der Waals surface area (Å²) in [5.74, 6) is -0.801. The minimum absolute atomic E-state index is 0.140. The van der Waals surface area contributed by atoms with Crippen molar-refractivity contribution in [2.24, 2.45) is 0 Å². The molecule has 0 fully saturated rings. The lowest BCUT2D eigenvalue weighted by Crippen LogP contribution is -2.53. The molecular formula is C28H32BrN3O4S. The van der Waals surface area contributed by atoms with Crippen molar-refractivity contribution in [2.45, 2.75) is 32.9 Å². The number of halogens is 1. The Hall–Kier alpha value is -3.17. The molecule has 196 valence electrons. The lowest BCUT2D eigenvalue weighted by Gasteiger charge is -2.33. The third-order valence-electron chi connectivity index (χ3n) is 6.08. The fourth-order valence-electron chi connectivity index (χ4n) is 4.19. The van der Waals surface area contributed by atoms with Crippen molar-refractivity contribution in [3.63, 3.8) is 0 Å². The van der Waals surface area contributed by atoms with Gasteiger partial charge in [0, 0.05) is 24.5 Å². The van der Waals surface area contributed by atoms with Crippen LogP contribution in [0.3, 0.4) is 0 Å². The Balaban J connectivity index is 2.04. The number of amides is 2. The minimum atomic E-state index is -3.79. The maximum absolute atomic E-state index is 13.9. The SMILES string of the molecule is CNC(=O)C(Cc1ccccc1)N(Cc1ccc(Br)cc1)C(=O)CN(c1ccc(C)cc1C)S(C)(=O)=O. The first-order chi connectivity index (χ1) is 17.5. The van der Waals surface area contributed by atoms with Crippen molar-refractivity contribution >= 4 is 43.5 Å². The Labute approximate surface area is 227 Å². The summed E-state index contributed by atoms with van der Waals surface area (Å²) in [5.41, 5.74) is 3.87. The normalized spacial score (nSPS) is 12.0. The van der Waals surface area contributed by atoms with E-state index in [-0.39, 0.29) is 18.9 Å². The lowest BCUT2D eigenvalue weighted by atomic mass is 10.0. The zero-order chi connectivity index (χ0) is 27.2. The van der Waals surface area contributed by atoms with E-state index in [0.717, 1.165) is 37.3 Å². The van der Waals surface area contributed by atoms with Crippen LogP contribution in [0.15, 0.2) is 77.3 Å². The minimum Gasteiger partial charge on any atom is -0.357 e. The van der Waals surface area contributed by atoms with E-state index in [1.165, 1.54) is 11.9 Å². The van der Waals surface area contributed by atoms with Crippen molar-refractivity contribution < 1.29 is 18.0 Å². The Morgan fingerprint density at radius 1 is 0.946 bits per heavy atom. The van der Waals surface area contributed by atoms with Crippen LogP contribution in [-0.2, 0) is 32.6 Å². The van der Waals surface area contributed by atoms with E-state index >= 15 is 0 Å². The average molecular weight is 587 g/mol. The fraction of sp³-hybridized carbons (Fsp3) is 0.286. The van der Waals surface area contributed by atoms with Crippen LogP contribution in [0.1, 0.15) is 22.3 Å². The van der Waals surface area contributed by atoms with Crippen LogP contribution in [0.4, 0.5) is 5.69 Å². The molecule has 37 heavy (non-hydrogen) atoms. The van der Waals surface area contributed by atoms with Crippen molar-refractivity contribution in [1.29, 1.82) is 0 Å². The van der Waals surface area contributed by atoms with E-state index in [4.69, 9.17) is 0 Å². The molecular weight excluding hydrogens is 554 g/mol. The predicted molar refractivity (Wildman–Crippen MR) is 151 cm³/mol. The molecule has 0 heterocycles. The topological polar surface area (TPSA) is 86.8 Å². The summed E-state index contributed by atoms with van der Waals surface area (Å²) in [7, 11) is -2.26. The first kappa shape index (κ1) is 28.4. The summed E-state index contributed by atoms with van der Waals surface area (Å²) in [6, 6.07) is 21.5. The largest absolute Gasteiger partial charge is 0.357 e. The Bertz CT molecular complexity index is 1350. The van der Waals surface area contributed by atoms with Gasteiger partial charge < -0.3 is 10.2 Å². The van der Waals surface area contributed by atoms with Gasteiger partial charge in [-0.05, 0) is 48.7 Å². The summed E-state index contributed by atoms with van der Waals surface area (Å²) in [6.07, 6.45) is 1.37. The number of carbonyl (C=O) groups excluding carboxylic acids is 2. The molecule has 1 N–H and O–H groups in total. The average Bonchev–Trinajstić information content (AvgIpc) is 2.85. The molecule has 1 atom stereocenters. The number of benzene rings is 3. The standard InChI is InChI=1S/C28H32BrN3O4S/c1-20-10-15-25(21(2)16-20)32(37(4,35)36)19-27(33)31(18-23-11-13-24(29)14-12-23)26(28(34)30-3)17-22-8-6-5-7-9-22/h5-16,26H,17-19H2,1-4H3,(H,30,34). The summed E-state index contributed by atoms with van der Waals surface area (Å²) in [5, 5.41) is 2.67. The van der Waals surface area contributed by atoms with Crippen molar-refractivity contribution in [1.82, 2.24) is 10.2 Å². The Morgan fingerprint density at radius 3 is 2.16 bits per heavy atom. The zero-order valence-corrected chi connectivity index (χ0v) is 23.8. The van der Waals surface area contributed by atoms with Crippen LogP contribution in [0.5, 0.6) is 0 Å². The molecule has 2 amide bonds. The number of aryl methyl sites for hydroxylation is 2. The number of nitrogens with one attached hydrogen (secondary N) is 1. The summed E-state index contributed by atoms with van der Waals surface area (Å²) >= 11 is 3.42. The number of likely N-dealkylation sites (N-methyl/N-ethyl adjacent to an activating group) is 1. The molecule has 3 aromatic carbocycles. The molecule has 1 unspecified atom stereocenters. The fourth-order valence-corrected chi connectivity index (χ4v) is 5.36. The van der Waals surface area contributed by atoms with Gasteiger partial charge in [0.05, 0.1) is 11.9 Å². The van der Waals surface area contributed by atoms with Crippen LogP contribution in [-0.4, -0.2) is 51.0 Å². The van der Waals surface area contributed by atoms with Gasteiger partial charge in [0.1, 0.15) is 12.6 Å². The highest BCUT2D eigenvalue weighted by Crippen LogP contribution is 2.25. The highest BCUT2D eigenvalue weighted by Gasteiger charge is 2.32. The molecule has 3 rings (SSSR count). The molecule has 9 heteroatoms. The number of hydrogen-bond acceptors (Lipinski definition) is 4. The van der Waals surface area contributed by atoms with Gasteiger partial charge in [-0.2, -0.15) is 0 Å². The second kappa shape index (κ2) is 12.4. The zero-order valence-electron chi connectivity index (χ0n) is 21.4. The third kappa shape index (κ3) is 7.66. The summed E-state index contributed by atoms with van der Waals surface area (Å²) < 4.78 is 27.7. The maximum atomic E-state index is 13.9. The second-order valence-electron chi connectivity index (χ2n) is 9.03. The number of anilines is 1. The molecule has 0 bridgehead atoms. The van der Waals surface area contributed by atoms with Crippen LogP contribution >= 0.6 is 15.9 Å². The molecule has 0 aliphatic heterocycles. The molecule has 7 nitrogen and oxygen atoms in total. The number of hydrogen-bond donors (Lipinski definition) is 1. The van der Waals surface area contributed by atoms with E-state index < -0.39 is 28.5 Å². The highest BCUT2D eigenvalue weighted by molar-refractivity contribution is 9.10.